The Bertz CT molecular complexity index is 558. The van der Waals surface area contributed by atoms with Crippen molar-refractivity contribution in [3.63, 3.8) is 0 Å². The molecule has 1 aromatic rings. The highest BCUT2D eigenvalue weighted by molar-refractivity contribution is 5.92. The second-order valence-corrected chi connectivity index (χ2v) is 6.03. The molecule has 1 aliphatic heterocycles. The van der Waals surface area contributed by atoms with Gasteiger partial charge in [-0.25, -0.2) is 8.78 Å². The lowest BCUT2D eigenvalue weighted by molar-refractivity contribution is -0.117. The molecule has 1 aliphatic carbocycles. The lowest BCUT2D eigenvalue weighted by Gasteiger charge is -2.18. The number of carbonyl (C=O) groups excluding carboxylic acids is 1. The molecule has 1 saturated heterocycles. The molecule has 1 saturated carbocycles. The SMILES string of the molecule is Cl.NC1CCC2CN(CC(=O)Nc3ccc(F)cc3F)CC12. The summed E-state index contributed by atoms with van der Waals surface area (Å²) in [5.74, 6) is -0.653. The molecule has 1 heterocycles. The summed E-state index contributed by atoms with van der Waals surface area (Å²) >= 11 is 0. The van der Waals surface area contributed by atoms with Crippen molar-refractivity contribution in [2.45, 2.75) is 18.9 Å². The lowest BCUT2D eigenvalue weighted by atomic mass is 9.98. The molecular formula is C15H20ClF2N3O. The van der Waals surface area contributed by atoms with Crippen molar-refractivity contribution in [1.29, 1.82) is 0 Å². The van der Waals surface area contributed by atoms with Crippen molar-refractivity contribution in [3.8, 4) is 0 Å². The van der Waals surface area contributed by atoms with E-state index in [-0.39, 0.29) is 36.6 Å². The Labute approximate surface area is 134 Å². The highest BCUT2D eigenvalue weighted by atomic mass is 35.5. The number of hydrogen-bond donors (Lipinski definition) is 2. The molecule has 3 rings (SSSR count). The quantitative estimate of drug-likeness (QED) is 0.890. The number of benzene rings is 1. The molecule has 22 heavy (non-hydrogen) atoms. The number of nitrogens with two attached hydrogens (primary N) is 1. The van der Waals surface area contributed by atoms with Crippen LogP contribution in [-0.4, -0.2) is 36.5 Å². The molecule has 0 bridgehead atoms. The molecule has 1 amide bonds. The first-order chi connectivity index (χ1) is 10.0. The van der Waals surface area contributed by atoms with Gasteiger partial charge in [0, 0.05) is 25.2 Å². The molecule has 3 unspecified atom stereocenters. The van der Waals surface area contributed by atoms with Crippen LogP contribution < -0.4 is 11.1 Å². The first-order valence-electron chi connectivity index (χ1n) is 7.26. The van der Waals surface area contributed by atoms with Gasteiger partial charge in [0.1, 0.15) is 11.6 Å². The number of hydrogen-bond acceptors (Lipinski definition) is 3. The van der Waals surface area contributed by atoms with E-state index in [1.165, 1.54) is 6.07 Å². The van der Waals surface area contributed by atoms with Crippen LogP contribution in [0.3, 0.4) is 0 Å². The minimum absolute atomic E-state index is 0. The number of nitrogens with one attached hydrogen (secondary N) is 1. The van der Waals surface area contributed by atoms with Gasteiger partial charge in [-0.1, -0.05) is 0 Å². The van der Waals surface area contributed by atoms with Crippen molar-refractivity contribution >= 4 is 24.0 Å². The molecule has 3 atom stereocenters. The monoisotopic (exact) mass is 331 g/mol. The number of fused-ring (bicyclic) bond motifs is 1. The zero-order valence-electron chi connectivity index (χ0n) is 12.1. The topological polar surface area (TPSA) is 58.4 Å². The van der Waals surface area contributed by atoms with Crippen LogP contribution in [0.15, 0.2) is 18.2 Å². The number of anilines is 1. The van der Waals surface area contributed by atoms with Gasteiger partial charge in [0.05, 0.1) is 12.2 Å². The molecule has 4 nitrogen and oxygen atoms in total. The average molecular weight is 332 g/mol. The Kier molecular flexibility index (Phi) is 5.36. The first-order valence-corrected chi connectivity index (χ1v) is 7.26. The molecule has 0 spiro atoms. The van der Waals surface area contributed by atoms with Crippen LogP contribution in [-0.2, 0) is 4.79 Å². The highest BCUT2D eigenvalue weighted by Gasteiger charge is 2.41. The van der Waals surface area contributed by atoms with Gasteiger partial charge in [0.2, 0.25) is 5.91 Å². The van der Waals surface area contributed by atoms with Gasteiger partial charge < -0.3 is 11.1 Å². The van der Waals surface area contributed by atoms with Gasteiger partial charge in [-0.05, 0) is 36.8 Å². The summed E-state index contributed by atoms with van der Waals surface area (Å²) in [5, 5.41) is 2.49. The smallest absolute Gasteiger partial charge is 0.238 e. The standard InChI is InChI=1S/C15H19F2N3O.ClH/c16-10-2-4-14(12(17)5-10)19-15(21)8-20-6-9-1-3-13(18)11(9)7-20;/h2,4-5,9,11,13H,1,3,6-8,18H2,(H,19,21);1H. The number of carbonyl (C=O) groups is 1. The number of nitrogens with zero attached hydrogens (tertiary/aromatic N) is 1. The maximum absolute atomic E-state index is 13.5. The van der Waals surface area contributed by atoms with Crippen molar-refractivity contribution in [3.05, 3.63) is 29.8 Å². The Morgan fingerprint density at radius 2 is 2.09 bits per heavy atom. The minimum Gasteiger partial charge on any atom is -0.327 e. The van der Waals surface area contributed by atoms with E-state index in [1.54, 1.807) is 0 Å². The molecule has 3 N–H and O–H groups in total. The second-order valence-electron chi connectivity index (χ2n) is 6.03. The number of halogens is 3. The molecule has 1 aromatic carbocycles. The molecule has 2 fully saturated rings. The molecule has 0 aromatic heterocycles. The van der Waals surface area contributed by atoms with E-state index in [2.05, 4.69) is 10.2 Å². The van der Waals surface area contributed by atoms with E-state index in [9.17, 15) is 13.6 Å². The molecule has 122 valence electrons. The Morgan fingerprint density at radius 1 is 1.32 bits per heavy atom. The third-order valence-corrected chi connectivity index (χ3v) is 4.56. The number of likely N-dealkylation sites (tertiary alicyclic amines) is 1. The zero-order chi connectivity index (χ0) is 15.0. The van der Waals surface area contributed by atoms with E-state index in [0.717, 1.165) is 38.1 Å². The normalized spacial score (nSPS) is 27.3. The largest absolute Gasteiger partial charge is 0.327 e. The van der Waals surface area contributed by atoms with E-state index in [1.807, 2.05) is 0 Å². The summed E-state index contributed by atoms with van der Waals surface area (Å²) in [4.78, 5) is 14.0. The Morgan fingerprint density at radius 3 is 2.77 bits per heavy atom. The molecule has 7 heteroatoms. The van der Waals surface area contributed by atoms with Gasteiger partial charge in [-0.15, -0.1) is 12.4 Å². The first kappa shape index (κ1) is 17.1. The van der Waals surface area contributed by atoms with E-state index in [4.69, 9.17) is 5.73 Å². The van der Waals surface area contributed by atoms with Crippen molar-refractivity contribution < 1.29 is 13.6 Å². The fourth-order valence-corrected chi connectivity index (χ4v) is 3.51. The fourth-order valence-electron chi connectivity index (χ4n) is 3.51. The Balaban J connectivity index is 0.00000176. The van der Waals surface area contributed by atoms with Crippen molar-refractivity contribution in [1.82, 2.24) is 4.90 Å². The van der Waals surface area contributed by atoms with Crippen LogP contribution in [0.2, 0.25) is 0 Å². The minimum atomic E-state index is -0.760. The number of rotatable bonds is 3. The van der Waals surface area contributed by atoms with Gasteiger partial charge in [0.25, 0.3) is 0 Å². The summed E-state index contributed by atoms with van der Waals surface area (Å²) in [6.07, 6.45) is 2.19. The lowest BCUT2D eigenvalue weighted by Crippen LogP contribution is -2.34. The number of amides is 1. The highest BCUT2D eigenvalue weighted by Crippen LogP contribution is 2.36. The third kappa shape index (κ3) is 3.56. The van der Waals surface area contributed by atoms with Gasteiger partial charge >= 0.3 is 0 Å². The predicted molar refractivity (Wildman–Crippen MR) is 82.9 cm³/mol. The average Bonchev–Trinajstić information content (AvgIpc) is 2.95. The van der Waals surface area contributed by atoms with Crippen molar-refractivity contribution in [2.75, 3.05) is 25.0 Å². The maximum Gasteiger partial charge on any atom is 0.238 e. The molecular weight excluding hydrogens is 312 g/mol. The van der Waals surface area contributed by atoms with Gasteiger partial charge in [-0.3, -0.25) is 9.69 Å². The van der Waals surface area contributed by atoms with Crippen LogP contribution in [0.25, 0.3) is 0 Å². The van der Waals surface area contributed by atoms with E-state index >= 15 is 0 Å². The summed E-state index contributed by atoms with van der Waals surface area (Å²) < 4.78 is 26.3. The van der Waals surface area contributed by atoms with Crippen LogP contribution in [0.1, 0.15) is 12.8 Å². The predicted octanol–water partition coefficient (Wildman–Crippen LogP) is 1.99. The summed E-state index contributed by atoms with van der Waals surface area (Å²) in [6, 6.07) is 3.35. The summed E-state index contributed by atoms with van der Waals surface area (Å²) in [5.41, 5.74) is 6.07. The van der Waals surface area contributed by atoms with Crippen molar-refractivity contribution in [2.24, 2.45) is 17.6 Å². The maximum atomic E-state index is 13.5. The van der Waals surface area contributed by atoms with Crippen LogP contribution in [0.5, 0.6) is 0 Å². The Hall–Kier alpha value is -1.24. The van der Waals surface area contributed by atoms with Crippen LogP contribution in [0, 0.1) is 23.5 Å². The van der Waals surface area contributed by atoms with Gasteiger partial charge in [-0.2, -0.15) is 0 Å². The fraction of sp³-hybridized carbons (Fsp3) is 0.533. The zero-order valence-corrected chi connectivity index (χ0v) is 12.9. The van der Waals surface area contributed by atoms with E-state index < -0.39 is 11.6 Å². The third-order valence-electron chi connectivity index (χ3n) is 4.56. The molecule has 2 aliphatic rings. The second kappa shape index (κ2) is 6.89. The molecule has 0 radical (unpaired) electrons. The van der Waals surface area contributed by atoms with Crippen LogP contribution >= 0.6 is 12.4 Å². The van der Waals surface area contributed by atoms with Gasteiger partial charge in [0.15, 0.2) is 0 Å². The van der Waals surface area contributed by atoms with Crippen LogP contribution in [0.4, 0.5) is 14.5 Å². The van der Waals surface area contributed by atoms with E-state index in [0.29, 0.717) is 11.8 Å². The summed E-state index contributed by atoms with van der Waals surface area (Å²) in [7, 11) is 0. The summed E-state index contributed by atoms with van der Waals surface area (Å²) in [6.45, 7) is 1.92.